The number of rotatable bonds is 4. The second-order valence-corrected chi connectivity index (χ2v) is 4.72. The van der Waals surface area contributed by atoms with Gasteiger partial charge in [-0.3, -0.25) is 0 Å². The quantitative estimate of drug-likeness (QED) is 0.681. The van der Waals surface area contributed by atoms with Crippen molar-refractivity contribution in [3.63, 3.8) is 0 Å². The van der Waals surface area contributed by atoms with E-state index >= 15 is 0 Å². The van der Waals surface area contributed by atoms with Crippen molar-refractivity contribution in [2.75, 3.05) is 7.05 Å². The highest BCUT2D eigenvalue weighted by atomic mass is 15.2. The van der Waals surface area contributed by atoms with E-state index in [1.54, 1.807) is 5.57 Å². The van der Waals surface area contributed by atoms with Crippen LogP contribution in [0.5, 0.6) is 0 Å². The van der Waals surface area contributed by atoms with E-state index in [0.717, 1.165) is 18.4 Å². The van der Waals surface area contributed by atoms with Crippen molar-refractivity contribution in [3.05, 3.63) is 23.4 Å². The predicted molar refractivity (Wildman–Crippen MR) is 72.4 cm³/mol. The van der Waals surface area contributed by atoms with Gasteiger partial charge in [0.1, 0.15) is 0 Å². The summed E-state index contributed by atoms with van der Waals surface area (Å²) in [7, 11) is 2.26. The maximum atomic E-state index is 2.50. The lowest BCUT2D eigenvalue weighted by Gasteiger charge is -2.25. The van der Waals surface area contributed by atoms with Gasteiger partial charge in [0.15, 0.2) is 0 Å². The highest BCUT2D eigenvalue weighted by Crippen LogP contribution is 2.40. The fraction of sp³-hybridized carbons (Fsp3) is 0.733. The first-order chi connectivity index (χ1) is 7.71. The van der Waals surface area contributed by atoms with Crippen LogP contribution >= 0.6 is 0 Å². The molecule has 0 aromatic rings. The van der Waals surface area contributed by atoms with Crippen molar-refractivity contribution >= 4 is 0 Å². The van der Waals surface area contributed by atoms with Crippen molar-refractivity contribution in [2.24, 2.45) is 5.92 Å². The number of likely N-dealkylation sites (N-methyl/N-ethyl adjacent to an activating group) is 1. The van der Waals surface area contributed by atoms with E-state index in [-0.39, 0.29) is 0 Å². The number of hydrogen-bond donors (Lipinski definition) is 0. The molecule has 0 amide bonds. The maximum Gasteiger partial charge on any atom is 0.0355 e. The molecule has 2 atom stereocenters. The molecule has 0 aromatic carbocycles. The largest absolute Gasteiger partial charge is 0.371 e. The summed E-state index contributed by atoms with van der Waals surface area (Å²) in [6.07, 6.45) is 9.71. The highest BCUT2D eigenvalue weighted by Gasteiger charge is 2.36. The minimum absolute atomic E-state index is 0.721. The van der Waals surface area contributed by atoms with Gasteiger partial charge in [0, 0.05) is 24.7 Å². The van der Waals surface area contributed by atoms with Crippen LogP contribution in [-0.2, 0) is 0 Å². The van der Waals surface area contributed by atoms with Crippen LogP contribution in [0.25, 0.3) is 0 Å². The van der Waals surface area contributed by atoms with Crippen LogP contribution in [0.3, 0.4) is 0 Å². The van der Waals surface area contributed by atoms with Crippen LogP contribution < -0.4 is 0 Å². The maximum absolute atomic E-state index is 2.50. The Bertz CT molecular complexity index is 275. The lowest BCUT2D eigenvalue weighted by molar-refractivity contribution is 0.277. The Kier molecular flexibility index (Phi) is 5.11. The third kappa shape index (κ3) is 2.34. The van der Waals surface area contributed by atoms with Crippen molar-refractivity contribution in [2.45, 2.75) is 59.4 Å². The first kappa shape index (κ1) is 13.3. The fourth-order valence-corrected chi connectivity index (χ4v) is 3.08. The molecule has 0 aromatic heterocycles. The van der Waals surface area contributed by atoms with Gasteiger partial charge in [0.25, 0.3) is 0 Å². The summed E-state index contributed by atoms with van der Waals surface area (Å²) < 4.78 is 0. The van der Waals surface area contributed by atoms with Crippen LogP contribution in [0.15, 0.2) is 23.4 Å². The topological polar surface area (TPSA) is 3.24 Å². The minimum Gasteiger partial charge on any atom is -0.371 e. The van der Waals surface area contributed by atoms with E-state index in [1.165, 1.54) is 25.0 Å². The molecule has 1 heteroatoms. The zero-order chi connectivity index (χ0) is 12.1. The number of hydrogen-bond acceptors (Lipinski definition) is 1. The van der Waals surface area contributed by atoms with E-state index < -0.39 is 0 Å². The molecule has 1 rings (SSSR count). The van der Waals surface area contributed by atoms with Gasteiger partial charge in [0.2, 0.25) is 0 Å². The van der Waals surface area contributed by atoms with Crippen LogP contribution in [-0.4, -0.2) is 18.0 Å². The van der Waals surface area contributed by atoms with E-state index in [9.17, 15) is 0 Å². The first-order valence-electron chi connectivity index (χ1n) is 6.80. The van der Waals surface area contributed by atoms with Crippen LogP contribution in [0, 0.1) is 5.92 Å². The molecule has 0 radical (unpaired) electrons. The molecule has 16 heavy (non-hydrogen) atoms. The Morgan fingerprint density at radius 2 is 1.94 bits per heavy atom. The molecular weight excluding hydrogens is 194 g/mol. The summed E-state index contributed by atoms with van der Waals surface area (Å²) in [5.74, 6) is 0.746. The zero-order valence-electron chi connectivity index (χ0n) is 11.6. The smallest absolute Gasteiger partial charge is 0.0355 e. The lowest BCUT2D eigenvalue weighted by atomic mass is 9.89. The predicted octanol–water partition coefficient (Wildman–Crippen LogP) is 4.37. The van der Waals surface area contributed by atoms with Gasteiger partial charge >= 0.3 is 0 Å². The molecule has 1 aliphatic rings. The normalized spacial score (nSPS) is 30.7. The minimum atomic E-state index is 0.721. The van der Waals surface area contributed by atoms with Crippen LogP contribution in [0.2, 0.25) is 0 Å². The average molecular weight is 221 g/mol. The third-order valence-electron chi connectivity index (χ3n) is 3.76. The molecule has 2 unspecified atom stereocenters. The SMILES string of the molecule is C/C=C1\C(=C/CC)C(CC)C(CCC)N1C. The molecule has 0 bridgehead atoms. The van der Waals surface area contributed by atoms with Gasteiger partial charge in [-0.15, -0.1) is 0 Å². The van der Waals surface area contributed by atoms with E-state index in [2.05, 4.69) is 51.8 Å². The van der Waals surface area contributed by atoms with Gasteiger partial charge < -0.3 is 4.90 Å². The summed E-state index contributed by atoms with van der Waals surface area (Å²) in [5.41, 5.74) is 3.06. The fourth-order valence-electron chi connectivity index (χ4n) is 3.08. The van der Waals surface area contributed by atoms with Gasteiger partial charge in [-0.1, -0.05) is 39.3 Å². The first-order valence-corrected chi connectivity index (χ1v) is 6.80. The van der Waals surface area contributed by atoms with Gasteiger partial charge in [-0.05, 0) is 31.8 Å². The molecule has 1 nitrogen and oxygen atoms in total. The molecule has 0 spiro atoms. The van der Waals surface area contributed by atoms with E-state index in [4.69, 9.17) is 0 Å². The number of nitrogens with zero attached hydrogens (tertiary/aromatic N) is 1. The van der Waals surface area contributed by atoms with Gasteiger partial charge in [0.05, 0.1) is 0 Å². The van der Waals surface area contributed by atoms with E-state index in [0.29, 0.717) is 0 Å². The van der Waals surface area contributed by atoms with Crippen molar-refractivity contribution in [1.82, 2.24) is 4.90 Å². The summed E-state index contributed by atoms with van der Waals surface area (Å²) in [6.45, 7) is 9.01. The summed E-state index contributed by atoms with van der Waals surface area (Å²) in [4.78, 5) is 2.50. The summed E-state index contributed by atoms with van der Waals surface area (Å²) in [6, 6.07) is 0.721. The third-order valence-corrected chi connectivity index (χ3v) is 3.76. The molecule has 1 saturated heterocycles. The molecule has 92 valence electrons. The van der Waals surface area contributed by atoms with Crippen LogP contribution in [0.4, 0.5) is 0 Å². The molecule has 1 heterocycles. The Morgan fingerprint density at radius 3 is 2.38 bits per heavy atom. The molecule has 1 aliphatic heterocycles. The summed E-state index contributed by atoms with van der Waals surface area (Å²) in [5, 5.41) is 0. The van der Waals surface area contributed by atoms with Crippen LogP contribution in [0.1, 0.15) is 53.4 Å². The monoisotopic (exact) mass is 221 g/mol. The molecule has 0 saturated carbocycles. The Hall–Kier alpha value is -0.720. The van der Waals surface area contributed by atoms with Crippen molar-refractivity contribution in [1.29, 1.82) is 0 Å². The summed E-state index contributed by atoms with van der Waals surface area (Å²) >= 11 is 0. The van der Waals surface area contributed by atoms with Crippen molar-refractivity contribution < 1.29 is 0 Å². The second-order valence-electron chi connectivity index (χ2n) is 4.72. The standard InChI is InChI=1S/C15H27N/c1-6-10-13-12(8-3)15(11-7-2)16(5)14(13)9-4/h9-10,12,15H,6-8,11H2,1-5H3/b13-10-,14-9+. The van der Waals surface area contributed by atoms with Gasteiger partial charge in [-0.2, -0.15) is 0 Å². The Labute approximate surface area is 101 Å². The van der Waals surface area contributed by atoms with Crippen molar-refractivity contribution in [3.8, 4) is 0 Å². The zero-order valence-corrected chi connectivity index (χ0v) is 11.6. The molecule has 0 N–H and O–H groups in total. The molecule has 1 fully saturated rings. The highest BCUT2D eigenvalue weighted by molar-refractivity contribution is 5.38. The number of likely N-dealkylation sites (tertiary alicyclic amines) is 1. The Morgan fingerprint density at radius 1 is 1.25 bits per heavy atom. The number of allylic oxidation sites excluding steroid dienone is 3. The average Bonchev–Trinajstić information content (AvgIpc) is 2.53. The molecular formula is C15H27N. The van der Waals surface area contributed by atoms with Gasteiger partial charge in [-0.25, -0.2) is 0 Å². The Balaban J connectivity index is 3.03. The molecule has 0 aliphatic carbocycles. The lowest BCUT2D eigenvalue weighted by Crippen LogP contribution is -2.28. The second kappa shape index (κ2) is 6.12. The van der Waals surface area contributed by atoms with E-state index in [1.807, 2.05) is 0 Å².